The van der Waals surface area contributed by atoms with Gasteiger partial charge in [-0.1, -0.05) is 0 Å². The highest BCUT2D eigenvalue weighted by Crippen LogP contribution is 2.28. The molecule has 0 aliphatic rings. The van der Waals surface area contributed by atoms with E-state index in [4.69, 9.17) is 9.47 Å². The summed E-state index contributed by atoms with van der Waals surface area (Å²) in [4.78, 5) is 28.1. The van der Waals surface area contributed by atoms with Crippen molar-refractivity contribution in [2.75, 3.05) is 26.1 Å². The standard InChI is InChI=1S/C16H19N3O4S/c1-4-17-14(20)8-11-9-24-16(18-11)19-15(21)10-5-6-12(22-2)13(7-10)23-3/h5-7,9H,4,8H2,1-3H3,(H,17,20)(H,18,19,21). The van der Waals surface area contributed by atoms with Crippen LogP contribution in [0.4, 0.5) is 5.13 Å². The zero-order valence-electron chi connectivity index (χ0n) is 13.7. The lowest BCUT2D eigenvalue weighted by Crippen LogP contribution is -2.24. The summed E-state index contributed by atoms with van der Waals surface area (Å²) in [5, 5.41) is 7.61. The quantitative estimate of drug-likeness (QED) is 0.799. The maximum atomic E-state index is 12.3. The highest BCUT2D eigenvalue weighted by Gasteiger charge is 2.13. The Morgan fingerprint density at radius 1 is 1.21 bits per heavy atom. The zero-order valence-corrected chi connectivity index (χ0v) is 14.5. The molecule has 0 bridgehead atoms. The minimum atomic E-state index is -0.310. The fraction of sp³-hybridized carbons (Fsp3) is 0.312. The fourth-order valence-electron chi connectivity index (χ4n) is 2.02. The van der Waals surface area contributed by atoms with Crippen molar-refractivity contribution in [1.29, 1.82) is 0 Å². The van der Waals surface area contributed by atoms with Crippen LogP contribution < -0.4 is 20.1 Å². The first-order valence-corrected chi connectivity index (χ1v) is 8.19. The molecule has 1 aromatic heterocycles. The number of carbonyl (C=O) groups excluding carboxylic acids is 2. The maximum Gasteiger partial charge on any atom is 0.257 e. The van der Waals surface area contributed by atoms with E-state index >= 15 is 0 Å². The van der Waals surface area contributed by atoms with Crippen molar-refractivity contribution in [2.45, 2.75) is 13.3 Å². The summed E-state index contributed by atoms with van der Waals surface area (Å²) in [6.07, 6.45) is 0.191. The third-order valence-corrected chi connectivity index (χ3v) is 3.94. The predicted molar refractivity (Wildman–Crippen MR) is 92.0 cm³/mol. The van der Waals surface area contributed by atoms with Crippen LogP contribution >= 0.6 is 11.3 Å². The molecule has 128 valence electrons. The van der Waals surface area contributed by atoms with E-state index in [1.165, 1.54) is 25.6 Å². The minimum absolute atomic E-state index is 0.0967. The van der Waals surface area contributed by atoms with E-state index in [2.05, 4.69) is 15.6 Å². The lowest BCUT2D eigenvalue weighted by molar-refractivity contribution is -0.120. The number of aromatic nitrogens is 1. The Bertz CT molecular complexity index is 730. The molecule has 0 spiro atoms. The molecule has 0 saturated carbocycles. The second-order valence-electron chi connectivity index (χ2n) is 4.80. The average Bonchev–Trinajstić information content (AvgIpc) is 3.01. The summed E-state index contributed by atoms with van der Waals surface area (Å²) in [7, 11) is 3.04. The van der Waals surface area contributed by atoms with Gasteiger partial charge < -0.3 is 14.8 Å². The molecular weight excluding hydrogens is 330 g/mol. The molecule has 8 heteroatoms. The molecule has 0 aliphatic carbocycles. The van der Waals surface area contributed by atoms with E-state index in [9.17, 15) is 9.59 Å². The van der Waals surface area contributed by atoms with Crippen molar-refractivity contribution < 1.29 is 19.1 Å². The smallest absolute Gasteiger partial charge is 0.257 e. The Morgan fingerprint density at radius 2 is 1.96 bits per heavy atom. The van der Waals surface area contributed by atoms with Gasteiger partial charge in [-0.05, 0) is 25.1 Å². The number of thiazole rings is 1. The summed E-state index contributed by atoms with van der Waals surface area (Å²) >= 11 is 1.27. The normalized spacial score (nSPS) is 10.1. The average molecular weight is 349 g/mol. The molecule has 0 fully saturated rings. The van der Waals surface area contributed by atoms with E-state index in [1.807, 2.05) is 6.92 Å². The number of methoxy groups -OCH3 is 2. The van der Waals surface area contributed by atoms with Gasteiger partial charge in [0.05, 0.1) is 26.3 Å². The van der Waals surface area contributed by atoms with Gasteiger partial charge in [0.25, 0.3) is 5.91 Å². The zero-order chi connectivity index (χ0) is 17.5. The molecule has 2 rings (SSSR count). The van der Waals surface area contributed by atoms with Gasteiger partial charge in [0.15, 0.2) is 16.6 Å². The third kappa shape index (κ3) is 4.45. The topological polar surface area (TPSA) is 89.6 Å². The van der Waals surface area contributed by atoms with Crippen LogP contribution in [0, 0.1) is 0 Å². The first-order chi connectivity index (χ1) is 11.6. The number of carbonyl (C=O) groups is 2. The minimum Gasteiger partial charge on any atom is -0.493 e. The lowest BCUT2D eigenvalue weighted by Gasteiger charge is -2.09. The van der Waals surface area contributed by atoms with E-state index in [1.54, 1.807) is 23.6 Å². The molecule has 0 saturated heterocycles. The second-order valence-corrected chi connectivity index (χ2v) is 5.66. The van der Waals surface area contributed by atoms with E-state index < -0.39 is 0 Å². The van der Waals surface area contributed by atoms with Crippen LogP contribution in [0.3, 0.4) is 0 Å². The Balaban J connectivity index is 2.05. The van der Waals surface area contributed by atoms with Crippen molar-refractivity contribution in [3.05, 3.63) is 34.8 Å². The summed E-state index contributed by atoms with van der Waals surface area (Å²) in [5.74, 6) is 0.615. The van der Waals surface area contributed by atoms with Gasteiger partial charge in [0.2, 0.25) is 5.91 Å². The number of anilines is 1. The van der Waals surface area contributed by atoms with E-state index in [0.29, 0.717) is 34.4 Å². The van der Waals surface area contributed by atoms with Crippen LogP contribution in [0.5, 0.6) is 11.5 Å². The number of rotatable bonds is 7. The van der Waals surface area contributed by atoms with Gasteiger partial charge in [-0.3, -0.25) is 14.9 Å². The predicted octanol–water partition coefficient (Wildman–Crippen LogP) is 2.09. The highest BCUT2D eigenvalue weighted by atomic mass is 32.1. The summed E-state index contributed by atoms with van der Waals surface area (Å²) in [6, 6.07) is 4.90. The number of hydrogen-bond acceptors (Lipinski definition) is 6. The molecule has 2 aromatic rings. The molecule has 0 atom stereocenters. The van der Waals surface area contributed by atoms with Crippen molar-refractivity contribution in [1.82, 2.24) is 10.3 Å². The monoisotopic (exact) mass is 349 g/mol. The van der Waals surface area contributed by atoms with Gasteiger partial charge in [-0.25, -0.2) is 4.98 Å². The fourth-order valence-corrected chi connectivity index (χ4v) is 2.72. The highest BCUT2D eigenvalue weighted by molar-refractivity contribution is 7.14. The maximum absolute atomic E-state index is 12.3. The number of ether oxygens (including phenoxy) is 2. The molecule has 1 aromatic carbocycles. The van der Waals surface area contributed by atoms with Gasteiger partial charge in [-0.2, -0.15) is 0 Å². The van der Waals surface area contributed by atoms with Crippen molar-refractivity contribution in [3.63, 3.8) is 0 Å². The third-order valence-electron chi connectivity index (χ3n) is 3.13. The van der Waals surface area contributed by atoms with Gasteiger partial charge in [-0.15, -0.1) is 11.3 Å². The van der Waals surface area contributed by atoms with Crippen molar-refractivity contribution >= 4 is 28.3 Å². The molecule has 2 amide bonds. The Kier molecular flexibility index (Phi) is 6.14. The molecule has 7 nitrogen and oxygen atoms in total. The molecule has 0 aliphatic heterocycles. The SMILES string of the molecule is CCNC(=O)Cc1csc(NC(=O)c2ccc(OC)c(OC)c2)n1. The van der Waals surface area contributed by atoms with Crippen molar-refractivity contribution in [2.24, 2.45) is 0 Å². The second kappa shape index (κ2) is 8.30. The van der Waals surface area contributed by atoms with Crippen LogP contribution in [-0.4, -0.2) is 37.6 Å². The molecule has 2 N–H and O–H groups in total. The van der Waals surface area contributed by atoms with Crippen LogP contribution in [0.15, 0.2) is 23.6 Å². The largest absolute Gasteiger partial charge is 0.493 e. The number of nitrogens with one attached hydrogen (secondary N) is 2. The van der Waals surface area contributed by atoms with Crippen LogP contribution in [0.1, 0.15) is 23.0 Å². The first-order valence-electron chi connectivity index (χ1n) is 7.31. The Labute approximate surface area is 144 Å². The number of hydrogen-bond donors (Lipinski definition) is 2. The molecular formula is C16H19N3O4S. The van der Waals surface area contributed by atoms with Gasteiger partial charge in [0.1, 0.15) is 0 Å². The molecule has 24 heavy (non-hydrogen) atoms. The number of benzene rings is 1. The van der Waals surface area contributed by atoms with Gasteiger partial charge >= 0.3 is 0 Å². The summed E-state index contributed by atoms with van der Waals surface area (Å²) in [6.45, 7) is 2.43. The van der Waals surface area contributed by atoms with Gasteiger partial charge in [0, 0.05) is 17.5 Å². The number of nitrogens with zero attached hydrogens (tertiary/aromatic N) is 1. The summed E-state index contributed by atoms with van der Waals surface area (Å²) in [5.41, 5.74) is 1.04. The van der Waals surface area contributed by atoms with E-state index in [-0.39, 0.29) is 18.2 Å². The van der Waals surface area contributed by atoms with Crippen molar-refractivity contribution in [3.8, 4) is 11.5 Å². The van der Waals surface area contributed by atoms with Crippen LogP contribution in [0.2, 0.25) is 0 Å². The number of likely N-dealkylation sites (N-methyl/N-ethyl adjacent to an activating group) is 1. The van der Waals surface area contributed by atoms with E-state index in [0.717, 1.165) is 0 Å². The first kappa shape index (κ1) is 17.7. The number of amides is 2. The molecule has 1 heterocycles. The van der Waals surface area contributed by atoms with Crippen LogP contribution in [0.25, 0.3) is 0 Å². The molecule has 0 radical (unpaired) electrons. The lowest BCUT2D eigenvalue weighted by atomic mass is 10.2. The molecule has 0 unspecified atom stereocenters. The Hall–Kier alpha value is -2.61. The summed E-state index contributed by atoms with van der Waals surface area (Å²) < 4.78 is 10.3. The van der Waals surface area contributed by atoms with Crippen LogP contribution in [-0.2, 0) is 11.2 Å². The Morgan fingerprint density at radius 3 is 2.62 bits per heavy atom.